The third-order valence-corrected chi connectivity index (χ3v) is 7.10. The topological polar surface area (TPSA) is 111 Å². The van der Waals surface area contributed by atoms with Crippen LogP contribution in [0.5, 0.6) is 5.75 Å². The Morgan fingerprint density at radius 3 is 2.65 bits per heavy atom. The Hall–Kier alpha value is -2.78. The number of fused-ring (bicyclic) bond motifs is 1. The average molecular weight is 528 g/mol. The molecule has 1 saturated heterocycles. The molecule has 0 aliphatic carbocycles. The third-order valence-electron chi connectivity index (χ3n) is 6.82. The van der Waals surface area contributed by atoms with Gasteiger partial charge in [-0.05, 0) is 24.1 Å². The van der Waals surface area contributed by atoms with E-state index in [9.17, 15) is 4.57 Å². The standard InChI is InChI=1S/C26H38N7O3P/c1-3-4-5-9-28-25-24-22(29-26(27)30-25)8-10-33(24)19-21-7-6-20(17-23(21)35-2)18-32-13-11-31(12-14-32)15-16-36-37-34/h6-8,10,17H,3-5,9,11-16,18-19H2,1-2H3,(H3,27,28,29,30). The minimum atomic E-state index is -0.244. The number of hydrogen-bond donors (Lipinski definition) is 2. The van der Waals surface area contributed by atoms with Gasteiger partial charge in [0.15, 0.2) is 5.82 Å². The van der Waals surface area contributed by atoms with Gasteiger partial charge in [0.1, 0.15) is 11.3 Å². The molecule has 37 heavy (non-hydrogen) atoms. The molecule has 10 nitrogen and oxygen atoms in total. The lowest BCUT2D eigenvalue weighted by molar-refractivity contribution is 0.114. The Morgan fingerprint density at radius 2 is 1.89 bits per heavy atom. The predicted octanol–water partition coefficient (Wildman–Crippen LogP) is 4.01. The van der Waals surface area contributed by atoms with Crippen molar-refractivity contribution < 1.29 is 13.8 Å². The number of ether oxygens (including phenoxy) is 1. The average Bonchev–Trinajstić information content (AvgIpc) is 3.31. The first kappa shape index (κ1) is 27.3. The van der Waals surface area contributed by atoms with E-state index < -0.39 is 0 Å². The second-order valence-electron chi connectivity index (χ2n) is 9.41. The van der Waals surface area contributed by atoms with E-state index in [-0.39, 0.29) is 14.6 Å². The van der Waals surface area contributed by atoms with Gasteiger partial charge in [-0.3, -0.25) is 14.3 Å². The largest absolute Gasteiger partial charge is 0.496 e. The highest BCUT2D eigenvalue weighted by atomic mass is 31.1. The zero-order chi connectivity index (χ0) is 26.0. The van der Waals surface area contributed by atoms with Crippen molar-refractivity contribution in [3.05, 3.63) is 41.6 Å². The van der Waals surface area contributed by atoms with Gasteiger partial charge in [-0.1, -0.05) is 31.9 Å². The molecule has 0 radical (unpaired) electrons. The summed E-state index contributed by atoms with van der Waals surface area (Å²) in [4.78, 5) is 13.7. The molecule has 0 saturated carbocycles. The molecular formula is C26H38N7O3P. The molecule has 1 aromatic carbocycles. The molecule has 0 bridgehead atoms. The molecule has 3 aromatic rings. The zero-order valence-corrected chi connectivity index (χ0v) is 22.8. The van der Waals surface area contributed by atoms with Gasteiger partial charge in [0.05, 0.1) is 25.8 Å². The van der Waals surface area contributed by atoms with Crippen molar-refractivity contribution in [1.82, 2.24) is 24.3 Å². The van der Waals surface area contributed by atoms with Crippen LogP contribution in [0.1, 0.15) is 37.3 Å². The van der Waals surface area contributed by atoms with Crippen LogP contribution in [0.25, 0.3) is 11.0 Å². The van der Waals surface area contributed by atoms with Crippen molar-refractivity contribution in [3.63, 3.8) is 0 Å². The van der Waals surface area contributed by atoms with Crippen LogP contribution in [0.2, 0.25) is 0 Å². The Labute approximate surface area is 220 Å². The maximum Gasteiger partial charge on any atom is 0.327 e. The minimum Gasteiger partial charge on any atom is -0.496 e. The second-order valence-corrected chi connectivity index (χ2v) is 9.82. The van der Waals surface area contributed by atoms with E-state index in [0.29, 0.717) is 13.2 Å². The van der Waals surface area contributed by atoms with Crippen molar-refractivity contribution in [2.24, 2.45) is 0 Å². The molecular weight excluding hydrogens is 489 g/mol. The molecule has 4 rings (SSSR count). The van der Waals surface area contributed by atoms with Crippen LogP contribution < -0.4 is 15.8 Å². The highest BCUT2D eigenvalue weighted by Gasteiger charge is 2.18. The van der Waals surface area contributed by atoms with E-state index >= 15 is 0 Å². The van der Waals surface area contributed by atoms with Gasteiger partial charge in [-0.25, -0.2) is 9.55 Å². The number of piperazine rings is 1. The maximum atomic E-state index is 10.4. The summed E-state index contributed by atoms with van der Waals surface area (Å²) >= 11 is 0. The number of methoxy groups -OCH3 is 1. The van der Waals surface area contributed by atoms with E-state index in [1.165, 1.54) is 18.4 Å². The maximum absolute atomic E-state index is 10.4. The molecule has 1 fully saturated rings. The number of nitrogen functional groups attached to an aromatic ring is 1. The van der Waals surface area contributed by atoms with E-state index in [1.807, 2.05) is 12.3 Å². The quantitative estimate of drug-likeness (QED) is 0.237. The van der Waals surface area contributed by atoms with Crippen molar-refractivity contribution in [1.29, 1.82) is 0 Å². The van der Waals surface area contributed by atoms with Gasteiger partial charge in [0.25, 0.3) is 0 Å². The molecule has 0 atom stereocenters. The fraction of sp³-hybridized carbons (Fsp3) is 0.538. The normalized spacial score (nSPS) is 15.0. The zero-order valence-electron chi connectivity index (χ0n) is 21.9. The number of benzene rings is 1. The van der Waals surface area contributed by atoms with Gasteiger partial charge in [-0.15, -0.1) is 0 Å². The Balaban J connectivity index is 1.43. The summed E-state index contributed by atoms with van der Waals surface area (Å²) in [6.07, 6.45) is 5.46. The summed E-state index contributed by atoms with van der Waals surface area (Å²) in [5, 5.41) is 3.46. The Morgan fingerprint density at radius 1 is 1.08 bits per heavy atom. The minimum absolute atomic E-state index is 0.244. The monoisotopic (exact) mass is 527 g/mol. The van der Waals surface area contributed by atoms with Gasteiger partial charge in [-0.2, -0.15) is 4.98 Å². The number of rotatable bonds is 14. The molecule has 200 valence electrons. The van der Waals surface area contributed by atoms with E-state index in [2.05, 4.69) is 54.8 Å². The lowest BCUT2D eigenvalue weighted by Gasteiger charge is -2.34. The Kier molecular flexibility index (Phi) is 10.1. The smallest absolute Gasteiger partial charge is 0.327 e. The van der Waals surface area contributed by atoms with Crippen molar-refractivity contribution >= 4 is 31.5 Å². The van der Waals surface area contributed by atoms with Crippen molar-refractivity contribution in [2.75, 3.05) is 64.0 Å². The predicted molar refractivity (Wildman–Crippen MR) is 147 cm³/mol. The first-order valence-electron chi connectivity index (χ1n) is 13.0. The van der Waals surface area contributed by atoms with E-state index in [4.69, 9.17) is 15.0 Å². The molecule has 1 aliphatic rings. The SMILES string of the molecule is CCCCCNc1nc(N)nc2ccn(Cc3ccc(CN4CCN(CCOP=O)CC4)cc3OC)c12. The summed E-state index contributed by atoms with van der Waals surface area (Å²) < 4.78 is 23.3. The molecule has 0 unspecified atom stereocenters. The molecule has 11 heteroatoms. The van der Waals surface area contributed by atoms with Crippen molar-refractivity contribution in [3.8, 4) is 5.75 Å². The first-order valence-corrected chi connectivity index (χ1v) is 13.8. The highest BCUT2D eigenvalue weighted by Crippen LogP contribution is 2.27. The van der Waals surface area contributed by atoms with Crippen LogP contribution in [0.3, 0.4) is 0 Å². The molecule has 3 N–H and O–H groups in total. The number of aromatic nitrogens is 3. The molecule has 0 amide bonds. The number of nitrogens with two attached hydrogens (primary N) is 1. The number of anilines is 2. The van der Waals surface area contributed by atoms with Gasteiger partial charge in [0.2, 0.25) is 5.95 Å². The molecule has 3 heterocycles. The van der Waals surface area contributed by atoms with E-state index in [1.54, 1.807) is 7.11 Å². The number of unbranched alkanes of at least 4 members (excludes halogenated alkanes) is 2. The second kappa shape index (κ2) is 13.7. The molecule has 0 spiro atoms. The molecule has 2 aromatic heterocycles. The van der Waals surface area contributed by atoms with Crippen LogP contribution in [-0.2, 0) is 22.2 Å². The number of nitrogens with one attached hydrogen (secondary N) is 1. The number of nitrogens with zero attached hydrogens (tertiary/aromatic N) is 5. The van der Waals surface area contributed by atoms with Gasteiger partial charge in [0, 0.05) is 57.6 Å². The number of hydrogen-bond acceptors (Lipinski definition) is 9. The Bertz CT molecular complexity index is 1160. The van der Waals surface area contributed by atoms with E-state index in [0.717, 1.165) is 80.4 Å². The summed E-state index contributed by atoms with van der Waals surface area (Å²) in [6.45, 7) is 9.83. The van der Waals surface area contributed by atoms with Crippen LogP contribution in [0, 0.1) is 0 Å². The summed E-state index contributed by atoms with van der Waals surface area (Å²) in [5.41, 5.74) is 10.1. The fourth-order valence-corrected chi connectivity index (χ4v) is 4.96. The van der Waals surface area contributed by atoms with Gasteiger partial charge >= 0.3 is 8.69 Å². The van der Waals surface area contributed by atoms with Crippen molar-refractivity contribution in [2.45, 2.75) is 39.3 Å². The fourth-order valence-electron chi connectivity index (χ4n) is 4.80. The van der Waals surface area contributed by atoms with Crippen LogP contribution >= 0.6 is 8.69 Å². The third kappa shape index (κ3) is 7.38. The first-order chi connectivity index (χ1) is 18.1. The lowest BCUT2D eigenvalue weighted by Crippen LogP contribution is -2.46. The summed E-state index contributed by atoms with van der Waals surface area (Å²) in [7, 11) is 1.48. The van der Waals surface area contributed by atoms with Gasteiger partial charge < -0.3 is 20.4 Å². The van der Waals surface area contributed by atoms with Crippen LogP contribution in [0.4, 0.5) is 11.8 Å². The summed E-state index contributed by atoms with van der Waals surface area (Å²) in [5.74, 6) is 1.93. The summed E-state index contributed by atoms with van der Waals surface area (Å²) in [6, 6.07) is 8.47. The van der Waals surface area contributed by atoms with Crippen LogP contribution in [0.15, 0.2) is 30.5 Å². The lowest BCUT2D eigenvalue weighted by atomic mass is 10.1. The van der Waals surface area contributed by atoms with Crippen LogP contribution in [-0.4, -0.2) is 77.3 Å². The highest BCUT2D eigenvalue weighted by molar-refractivity contribution is 7.17. The molecule has 1 aliphatic heterocycles.